The molecule has 1 unspecified atom stereocenters. The van der Waals surface area contributed by atoms with Crippen molar-refractivity contribution in [3.8, 4) is 0 Å². The van der Waals surface area contributed by atoms with Crippen molar-refractivity contribution in [2.75, 3.05) is 26.2 Å². The third-order valence-electron chi connectivity index (χ3n) is 5.96. The van der Waals surface area contributed by atoms with Gasteiger partial charge in [0.15, 0.2) is 0 Å². The van der Waals surface area contributed by atoms with Gasteiger partial charge < -0.3 is 14.3 Å². The van der Waals surface area contributed by atoms with E-state index in [0.717, 1.165) is 64.0 Å². The normalized spacial score (nSPS) is 23.7. The number of hydrogen-bond acceptors (Lipinski definition) is 4. The molecule has 6 heteroatoms. The van der Waals surface area contributed by atoms with Crippen molar-refractivity contribution >= 4 is 11.8 Å². The molecule has 0 aliphatic carbocycles. The van der Waals surface area contributed by atoms with Crippen molar-refractivity contribution in [3.63, 3.8) is 0 Å². The Balaban J connectivity index is 1.75. The van der Waals surface area contributed by atoms with E-state index in [1.807, 2.05) is 23.6 Å². The molecule has 2 aliphatic heterocycles. The van der Waals surface area contributed by atoms with Crippen molar-refractivity contribution in [2.24, 2.45) is 5.41 Å². The second-order valence-electron chi connectivity index (χ2n) is 7.91. The van der Waals surface area contributed by atoms with E-state index in [1.165, 1.54) is 0 Å². The highest BCUT2D eigenvalue weighted by Gasteiger charge is 2.43. The van der Waals surface area contributed by atoms with Crippen molar-refractivity contribution in [2.45, 2.75) is 65.7 Å². The molecule has 2 fully saturated rings. The van der Waals surface area contributed by atoms with Gasteiger partial charge in [-0.15, -0.1) is 0 Å². The van der Waals surface area contributed by atoms with Crippen LogP contribution in [0, 0.1) is 12.3 Å². The standard InChI is InChI=1S/C20H31N3O3/c1-4-6-11-22-13-20(10-8-17(22)24)9-7-12-23(14-20)19(25)18-15(3)26-21-16(18)5-2/h4-14H2,1-3H3. The quantitative estimate of drug-likeness (QED) is 0.808. The molecule has 3 heterocycles. The molecule has 0 saturated carbocycles. The molecule has 0 bridgehead atoms. The highest BCUT2D eigenvalue weighted by atomic mass is 16.5. The fraction of sp³-hybridized carbons (Fsp3) is 0.750. The summed E-state index contributed by atoms with van der Waals surface area (Å²) in [5, 5.41) is 4.03. The maximum Gasteiger partial charge on any atom is 0.259 e. The molecule has 144 valence electrons. The summed E-state index contributed by atoms with van der Waals surface area (Å²) in [5.41, 5.74) is 1.43. The molecule has 1 aromatic rings. The third-order valence-corrected chi connectivity index (χ3v) is 5.96. The van der Waals surface area contributed by atoms with Gasteiger partial charge in [-0.05, 0) is 39.0 Å². The van der Waals surface area contributed by atoms with E-state index >= 15 is 0 Å². The molecule has 0 aromatic carbocycles. The van der Waals surface area contributed by atoms with Gasteiger partial charge in [0.05, 0.1) is 5.69 Å². The molecule has 26 heavy (non-hydrogen) atoms. The second-order valence-corrected chi connectivity index (χ2v) is 7.91. The SMILES string of the molecule is CCCCN1CC2(CCCN(C(=O)c3c(CC)noc3C)C2)CCC1=O. The lowest BCUT2D eigenvalue weighted by Gasteiger charge is -2.48. The number of rotatable bonds is 5. The monoisotopic (exact) mass is 361 g/mol. The number of carbonyl (C=O) groups is 2. The van der Waals surface area contributed by atoms with Crippen LogP contribution in [0.1, 0.15) is 74.2 Å². The predicted molar refractivity (Wildman–Crippen MR) is 98.9 cm³/mol. The van der Waals surface area contributed by atoms with E-state index in [0.29, 0.717) is 24.2 Å². The number of unbranched alkanes of at least 4 members (excludes halogenated alkanes) is 1. The molecular weight excluding hydrogens is 330 g/mol. The molecule has 0 radical (unpaired) electrons. The smallest absolute Gasteiger partial charge is 0.259 e. The van der Waals surface area contributed by atoms with Gasteiger partial charge in [-0.3, -0.25) is 9.59 Å². The van der Waals surface area contributed by atoms with E-state index in [4.69, 9.17) is 4.52 Å². The van der Waals surface area contributed by atoms with Crippen LogP contribution in [0.15, 0.2) is 4.52 Å². The van der Waals surface area contributed by atoms with Crippen LogP contribution in [-0.2, 0) is 11.2 Å². The number of carbonyl (C=O) groups excluding carboxylic acids is 2. The van der Waals surface area contributed by atoms with Crippen LogP contribution in [0.3, 0.4) is 0 Å². The summed E-state index contributed by atoms with van der Waals surface area (Å²) in [7, 11) is 0. The van der Waals surface area contributed by atoms with E-state index in [2.05, 4.69) is 12.1 Å². The van der Waals surface area contributed by atoms with Gasteiger partial charge in [0.2, 0.25) is 5.91 Å². The van der Waals surface area contributed by atoms with Crippen LogP contribution in [0.25, 0.3) is 0 Å². The van der Waals surface area contributed by atoms with Crippen LogP contribution in [0.2, 0.25) is 0 Å². The fourth-order valence-corrected chi connectivity index (χ4v) is 4.46. The number of likely N-dealkylation sites (tertiary alicyclic amines) is 2. The zero-order chi connectivity index (χ0) is 18.7. The maximum absolute atomic E-state index is 13.2. The lowest BCUT2D eigenvalue weighted by molar-refractivity contribution is -0.139. The van der Waals surface area contributed by atoms with Crippen LogP contribution < -0.4 is 0 Å². The minimum absolute atomic E-state index is 0.0386. The Hall–Kier alpha value is -1.85. The summed E-state index contributed by atoms with van der Waals surface area (Å²) in [6, 6.07) is 0. The zero-order valence-corrected chi connectivity index (χ0v) is 16.3. The molecule has 2 amide bonds. The molecule has 6 nitrogen and oxygen atoms in total. The van der Waals surface area contributed by atoms with Crippen molar-refractivity contribution in [3.05, 3.63) is 17.0 Å². The number of piperidine rings is 2. The number of amides is 2. The predicted octanol–water partition coefficient (Wildman–Crippen LogP) is 3.19. The largest absolute Gasteiger partial charge is 0.361 e. The Labute approximate surface area is 155 Å². The second kappa shape index (κ2) is 7.80. The van der Waals surface area contributed by atoms with Gasteiger partial charge in [-0.25, -0.2) is 0 Å². The van der Waals surface area contributed by atoms with Crippen molar-refractivity contribution < 1.29 is 14.1 Å². The van der Waals surface area contributed by atoms with Crippen molar-refractivity contribution in [1.82, 2.24) is 15.0 Å². The summed E-state index contributed by atoms with van der Waals surface area (Å²) in [6.07, 6.45) is 6.41. The lowest BCUT2D eigenvalue weighted by Crippen LogP contribution is -2.55. The van der Waals surface area contributed by atoms with Gasteiger partial charge in [0.1, 0.15) is 11.3 Å². The van der Waals surface area contributed by atoms with Crippen molar-refractivity contribution in [1.29, 1.82) is 0 Å². The summed E-state index contributed by atoms with van der Waals surface area (Å²) in [4.78, 5) is 29.4. The summed E-state index contributed by atoms with van der Waals surface area (Å²) in [5.74, 6) is 0.919. The Morgan fingerprint density at radius 3 is 2.81 bits per heavy atom. The third kappa shape index (κ3) is 3.64. The minimum atomic E-state index is 0.0386. The first kappa shape index (κ1) is 18.9. The van der Waals surface area contributed by atoms with E-state index < -0.39 is 0 Å². The summed E-state index contributed by atoms with van der Waals surface area (Å²) >= 11 is 0. The number of nitrogens with zero attached hydrogens (tertiary/aromatic N) is 3. The van der Waals surface area contributed by atoms with Gasteiger partial charge in [-0.2, -0.15) is 0 Å². The van der Waals surface area contributed by atoms with Crippen LogP contribution in [0.4, 0.5) is 0 Å². The first-order chi connectivity index (χ1) is 12.5. The van der Waals surface area contributed by atoms with E-state index in [9.17, 15) is 9.59 Å². The van der Waals surface area contributed by atoms with Crippen LogP contribution >= 0.6 is 0 Å². The Morgan fingerprint density at radius 2 is 2.08 bits per heavy atom. The van der Waals surface area contributed by atoms with E-state index in [-0.39, 0.29) is 17.2 Å². The summed E-state index contributed by atoms with van der Waals surface area (Å²) < 4.78 is 5.26. The molecular formula is C20H31N3O3. The average molecular weight is 361 g/mol. The zero-order valence-electron chi connectivity index (χ0n) is 16.3. The molecule has 0 N–H and O–H groups in total. The van der Waals surface area contributed by atoms with Gasteiger partial charge in [0.25, 0.3) is 5.91 Å². The number of aryl methyl sites for hydroxylation is 2. The Bertz CT molecular complexity index is 669. The van der Waals surface area contributed by atoms with Gasteiger partial charge in [0, 0.05) is 38.0 Å². The van der Waals surface area contributed by atoms with Crippen LogP contribution in [-0.4, -0.2) is 52.9 Å². The molecule has 1 aromatic heterocycles. The highest BCUT2D eigenvalue weighted by Crippen LogP contribution is 2.39. The number of aromatic nitrogens is 1. The topological polar surface area (TPSA) is 66.7 Å². The minimum Gasteiger partial charge on any atom is -0.361 e. The first-order valence-electron chi connectivity index (χ1n) is 10.0. The molecule has 2 saturated heterocycles. The van der Waals surface area contributed by atoms with Gasteiger partial charge >= 0.3 is 0 Å². The highest BCUT2D eigenvalue weighted by molar-refractivity contribution is 5.96. The van der Waals surface area contributed by atoms with Crippen LogP contribution in [0.5, 0.6) is 0 Å². The van der Waals surface area contributed by atoms with Gasteiger partial charge in [-0.1, -0.05) is 25.4 Å². The summed E-state index contributed by atoms with van der Waals surface area (Å²) in [6.45, 7) is 9.09. The molecule has 2 aliphatic rings. The Kier molecular flexibility index (Phi) is 5.68. The van der Waals surface area contributed by atoms with E-state index in [1.54, 1.807) is 0 Å². The maximum atomic E-state index is 13.2. The lowest BCUT2D eigenvalue weighted by atomic mass is 9.73. The Morgan fingerprint density at radius 1 is 1.27 bits per heavy atom. The molecule has 3 rings (SSSR count). The molecule has 1 atom stereocenters. The average Bonchev–Trinajstić information content (AvgIpc) is 3.03. The molecule has 1 spiro atoms. The fourth-order valence-electron chi connectivity index (χ4n) is 4.46. The number of hydrogen-bond donors (Lipinski definition) is 0. The first-order valence-corrected chi connectivity index (χ1v) is 10.0.